The summed E-state index contributed by atoms with van der Waals surface area (Å²) in [5, 5.41) is 14.3. The van der Waals surface area contributed by atoms with Crippen molar-refractivity contribution in [2.75, 3.05) is 13.1 Å². The van der Waals surface area contributed by atoms with Gasteiger partial charge in [-0.2, -0.15) is 0 Å². The fourth-order valence-corrected chi connectivity index (χ4v) is 3.00. The molecule has 3 rings (SSSR count). The third-order valence-corrected chi connectivity index (χ3v) is 4.32. The SMILES string of the molecule is O=C(O)C1CCCN(C(=O)NCc2ccc3ccccc3c2)C1. The van der Waals surface area contributed by atoms with Crippen LogP contribution in [0.3, 0.4) is 0 Å². The van der Waals surface area contributed by atoms with E-state index in [1.807, 2.05) is 30.3 Å². The normalized spacial score (nSPS) is 17.9. The Kier molecular flexibility index (Phi) is 4.46. The number of carbonyl (C=O) groups excluding carboxylic acids is 1. The summed E-state index contributed by atoms with van der Waals surface area (Å²) in [6.45, 7) is 1.35. The predicted molar refractivity (Wildman–Crippen MR) is 88.1 cm³/mol. The van der Waals surface area contributed by atoms with Gasteiger partial charge < -0.3 is 15.3 Å². The molecule has 0 aromatic heterocycles. The lowest BCUT2D eigenvalue weighted by Crippen LogP contribution is -2.46. The Morgan fingerprint density at radius 2 is 1.96 bits per heavy atom. The van der Waals surface area contributed by atoms with Crippen LogP contribution in [-0.2, 0) is 11.3 Å². The molecule has 5 heteroatoms. The van der Waals surface area contributed by atoms with Crippen LogP contribution < -0.4 is 5.32 Å². The maximum atomic E-state index is 12.2. The van der Waals surface area contributed by atoms with Crippen LogP contribution in [0.4, 0.5) is 4.79 Å². The number of carboxylic acid groups (broad SMARTS) is 1. The lowest BCUT2D eigenvalue weighted by atomic mass is 9.99. The van der Waals surface area contributed by atoms with Crippen molar-refractivity contribution in [1.82, 2.24) is 10.2 Å². The number of nitrogens with one attached hydrogen (secondary N) is 1. The highest BCUT2D eigenvalue weighted by Gasteiger charge is 2.27. The van der Waals surface area contributed by atoms with Crippen LogP contribution in [0.5, 0.6) is 0 Å². The number of urea groups is 1. The van der Waals surface area contributed by atoms with Crippen molar-refractivity contribution >= 4 is 22.8 Å². The molecule has 0 spiro atoms. The fourth-order valence-electron chi connectivity index (χ4n) is 3.00. The van der Waals surface area contributed by atoms with Gasteiger partial charge in [-0.1, -0.05) is 36.4 Å². The summed E-state index contributed by atoms with van der Waals surface area (Å²) in [7, 11) is 0. The second-order valence-electron chi connectivity index (χ2n) is 5.96. The smallest absolute Gasteiger partial charge is 0.317 e. The van der Waals surface area contributed by atoms with Crippen LogP contribution in [0, 0.1) is 5.92 Å². The van der Waals surface area contributed by atoms with Crippen molar-refractivity contribution in [3.8, 4) is 0 Å². The zero-order chi connectivity index (χ0) is 16.2. The summed E-state index contributed by atoms with van der Waals surface area (Å²) in [4.78, 5) is 24.9. The van der Waals surface area contributed by atoms with Crippen LogP contribution in [-0.4, -0.2) is 35.1 Å². The molecule has 1 fully saturated rings. The largest absolute Gasteiger partial charge is 0.481 e. The molecule has 1 atom stereocenters. The van der Waals surface area contributed by atoms with Crippen molar-refractivity contribution in [2.45, 2.75) is 19.4 Å². The number of aliphatic carboxylic acids is 1. The number of rotatable bonds is 3. The maximum Gasteiger partial charge on any atom is 0.317 e. The van der Waals surface area contributed by atoms with E-state index >= 15 is 0 Å². The zero-order valence-electron chi connectivity index (χ0n) is 12.9. The number of fused-ring (bicyclic) bond motifs is 1. The van der Waals surface area contributed by atoms with E-state index in [0.717, 1.165) is 17.4 Å². The summed E-state index contributed by atoms with van der Waals surface area (Å²) in [5.41, 5.74) is 1.03. The van der Waals surface area contributed by atoms with Crippen LogP contribution in [0.25, 0.3) is 10.8 Å². The van der Waals surface area contributed by atoms with Gasteiger partial charge in [0, 0.05) is 19.6 Å². The monoisotopic (exact) mass is 312 g/mol. The molecule has 5 nitrogen and oxygen atoms in total. The van der Waals surface area contributed by atoms with Crippen molar-refractivity contribution in [2.24, 2.45) is 5.92 Å². The number of hydrogen-bond donors (Lipinski definition) is 2. The molecule has 1 unspecified atom stereocenters. The molecule has 2 N–H and O–H groups in total. The topological polar surface area (TPSA) is 69.6 Å². The number of benzene rings is 2. The lowest BCUT2D eigenvalue weighted by Gasteiger charge is -2.30. The van der Waals surface area contributed by atoms with Crippen LogP contribution in [0.1, 0.15) is 18.4 Å². The van der Waals surface area contributed by atoms with E-state index in [1.165, 1.54) is 5.39 Å². The molecule has 0 saturated carbocycles. The summed E-state index contributed by atoms with van der Waals surface area (Å²) in [5.74, 6) is -1.27. The summed E-state index contributed by atoms with van der Waals surface area (Å²) in [6, 6.07) is 14.0. The predicted octanol–water partition coefficient (Wildman–Crippen LogP) is 2.85. The molecule has 2 aromatic carbocycles. The molecule has 120 valence electrons. The average molecular weight is 312 g/mol. The van der Waals surface area contributed by atoms with E-state index in [2.05, 4.69) is 17.4 Å². The Bertz CT molecular complexity index is 729. The Hall–Kier alpha value is -2.56. The van der Waals surface area contributed by atoms with Gasteiger partial charge in [0.25, 0.3) is 0 Å². The van der Waals surface area contributed by atoms with Crippen LogP contribution >= 0.6 is 0 Å². The first-order valence-corrected chi connectivity index (χ1v) is 7.87. The van der Waals surface area contributed by atoms with E-state index in [-0.39, 0.29) is 6.03 Å². The second kappa shape index (κ2) is 6.69. The summed E-state index contributed by atoms with van der Waals surface area (Å²) >= 11 is 0. The summed E-state index contributed by atoms with van der Waals surface area (Å²) < 4.78 is 0. The molecule has 0 bridgehead atoms. The molecule has 1 saturated heterocycles. The standard InChI is InChI=1S/C18H20N2O3/c21-17(22)16-6-3-9-20(12-16)18(23)19-11-13-7-8-14-4-1-2-5-15(14)10-13/h1-2,4-5,7-8,10,16H,3,6,9,11-12H2,(H,19,23)(H,21,22). The molecule has 2 amide bonds. The van der Waals surface area contributed by atoms with Crippen LogP contribution in [0.15, 0.2) is 42.5 Å². The van der Waals surface area contributed by atoms with Gasteiger partial charge in [-0.25, -0.2) is 4.79 Å². The molecule has 1 aliphatic heterocycles. The fraction of sp³-hybridized carbons (Fsp3) is 0.333. The minimum atomic E-state index is -0.822. The Labute approximate surface area is 134 Å². The quantitative estimate of drug-likeness (QED) is 0.915. The van der Waals surface area contributed by atoms with Gasteiger partial charge in [-0.3, -0.25) is 4.79 Å². The van der Waals surface area contributed by atoms with Gasteiger partial charge >= 0.3 is 12.0 Å². The van der Waals surface area contributed by atoms with E-state index < -0.39 is 11.9 Å². The number of carbonyl (C=O) groups is 2. The van der Waals surface area contributed by atoms with Crippen LogP contribution in [0.2, 0.25) is 0 Å². The average Bonchev–Trinajstić information content (AvgIpc) is 2.59. The molecular formula is C18H20N2O3. The highest BCUT2D eigenvalue weighted by Crippen LogP contribution is 2.18. The highest BCUT2D eigenvalue weighted by molar-refractivity contribution is 5.83. The number of likely N-dealkylation sites (tertiary alicyclic amines) is 1. The zero-order valence-corrected chi connectivity index (χ0v) is 12.9. The van der Waals surface area contributed by atoms with Gasteiger partial charge in [0.05, 0.1) is 5.92 Å². The minimum Gasteiger partial charge on any atom is -0.481 e. The third kappa shape index (κ3) is 3.62. The number of carboxylic acids is 1. The first kappa shape index (κ1) is 15.3. The first-order chi connectivity index (χ1) is 11.1. The second-order valence-corrected chi connectivity index (χ2v) is 5.96. The Morgan fingerprint density at radius 3 is 2.74 bits per heavy atom. The highest BCUT2D eigenvalue weighted by atomic mass is 16.4. The molecular weight excluding hydrogens is 292 g/mol. The number of nitrogens with zero attached hydrogens (tertiary/aromatic N) is 1. The van der Waals surface area contributed by atoms with Gasteiger partial charge in [-0.05, 0) is 35.2 Å². The van der Waals surface area contributed by atoms with E-state index in [4.69, 9.17) is 5.11 Å². The number of piperidine rings is 1. The Morgan fingerprint density at radius 1 is 1.17 bits per heavy atom. The number of hydrogen-bond acceptors (Lipinski definition) is 2. The van der Waals surface area contributed by atoms with Crippen molar-refractivity contribution in [3.05, 3.63) is 48.0 Å². The lowest BCUT2D eigenvalue weighted by molar-refractivity contribution is -0.143. The minimum absolute atomic E-state index is 0.191. The van der Waals surface area contributed by atoms with E-state index in [1.54, 1.807) is 4.90 Å². The van der Waals surface area contributed by atoms with Gasteiger partial charge in [0.2, 0.25) is 0 Å². The molecule has 1 heterocycles. The molecule has 1 aliphatic rings. The van der Waals surface area contributed by atoms with Crippen molar-refractivity contribution in [3.63, 3.8) is 0 Å². The van der Waals surface area contributed by atoms with E-state index in [0.29, 0.717) is 26.1 Å². The molecule has 2 aromatic rings. The molecule has 0 radical (unpaired) electrons. The van der Waals surface area contributed by atoms with Gasteiger partial charge in [0.1, 0.15) is 0 Å². The van der Waals surface area contributed by atoms with Crippen molar-refractivity contribution in [1.29, 1.82) is 0 Å². The number of amides is 2. The first-order valence-electron chi connectivity index (χ1n) is 7.87. The van der Waals surface area contributed by atoms with Gasteiger partial charge in [0.15, 0.2) is 0 Å². The summed E-state index contributed by atoms with van der Waals surface area (Å²) in [6.07, 6.45) is 1.38. The van der Waals surface area contributed by atoms with E-state index in [9.17, 15) is 9.59 Å². The maximum absolute atomic E-state index is 12.2. The van der Waals surface area contributed by atoms with Crippen molar-refractivity contribution < 1.29 is 14.7 Å². The molecule has 23 heavy (non-hydrogen) atoms. The molecule has 0 aliphatic carbocycles. The third-order valence-electron chi connectivity index (χ3n) is 4.32. The van der Waals surface area contributed by atoms with Gasteiger partial charge in [-0.15, -0.1) is 0 Å². The Balaban J connectivity index is 1.60.